The van der Waals surface area contributed by atoms with Gasteiger partial charge in [0, 0.05) is 38.7 Å². The number of nitrogens with zero attached hydrogens (tertiary/aromatic N) is 5. The highest BCUT2D eigenvalue weighted by Crippen LogP contribution is 2.38. The second-order valence-corrected chi connectivity index (χ2v) is 12.7. The van der Waals surface area contributed by atoms with Crippen LogP contribution in [0.3, 0.4) is 0 Å². The zero-order valence-corrected chi connectivity index (χ0v) is 27.9. The summed E-state index contributed by atoms with van der Waals surface area (Å²) in [4.78, 5) is 19.7. The van der Waals surface area contributed by atoms with E-state index in [1.165, 1.54) is 0 Å². The Kier molecular flexibility index (Phi) is 7.03. The van der Waals surface area contributed by atoms with Crippen LogP contribution in [-0.4, -0.2) is 24.5 Å². The van der Waals surface area contributed by atoms with Crippen molar-refractivity contribution in [1.29, 1.82) is 0 Å². The maximum atomic E-state index is 6.23. The quantitative estimate of drug-likeness (QED) is 0.176. The molecule has 244 valence electrons. The fourth-order valence-electron chi connectivity index (χ4n) is 6.94. The normalized spacial score (nSPS) is 11.5. The van der Waals surface area contributed by atoms with E-state index in [1.807, 2.05) is 103 Å². The number of fused-ring (bicyclic) bond motifs is 4. The lowest BCUT2D eigenvalue weighted by molar-refractivity contribution is 0.620. The lowest BCUT2D eigenvalue weighted by Gasteiger charge is -2.10. The van der Waals surface area contributed by atoms with Crippen LogP contribution in [0, 0.1) is 0 Å². The standard InChI is InChI=1S/C46H29N5O/c1-5-13-30(14-6-1)43-48-44(31-15-7-2-8-16-31)50-45(49-43)35-21-24-37-38-27-33(23-26-40(38)51(41(37)28-35)36-19-11-4-12-20-36)34-22-25-39-42(29-34)52-46(47-39)32-17-9-3-10-18-32/h1-29H. The monoisotopic (exact) mass is 667 g/mol. The van der Waals surface area contributed by atoms with Gasteiger partial charge in [0.2, 0.25) is 5.89 Å². The van der Waals surface area contributed by atoms with Crippen molar-refractivity contribution in [3.8, 4) is 62.4 Å². The van der Waals surface area contributed by atoms with E-state index in [0.29, 0.717) is 23.4 Å². The molecule has 0 aliphatic rings. The minimum atomic E-state index is 0.620. The van der Waals surface area contributed by atoms with Crippen LogP contribution in [-0.2, 0) is 0 Å². The third-order valence-corrected chi connectivity index (χ3v) is 9.48. The van der Waals surface area contributed by atoms with E-state index in [0.717, 1.165) is 72.0 Å². The average Bonchev–Trinajstić information content (AvgIpc) is 3.80. The molecule has 0 amide bonds. The Hall–Kier alpha value is -7.18. The van der Waals surface area contributed by atoms with Crippen LogP contribution in [0.15, 0.2) is 180 Å². The summed E-state index contributed by atoms with van der Waals surface area (Å²) in [6.45, 7) is 0. The molecule has 0 unspecified atom stereocenters. The SMILES string of the molecule is c1ccc(-c2nc(-c3ccccc3)nc(-c3ccc4c5cc(-c6ccc7nc(-c8ccccc8)oc7c6)ccc5n(-c5ccccc5)c4c3)n2)cc1. The average molecular weight is 668 g/mol. The molecule has 0 aliphatic carbocycles. The van der Waals surface area contributed by atoms with Crippen molar-refractivity contribution >= 4 is 32.9 Å². The number of hydrogen-bond donors (Lipinski definition) is 0. The Morgan fingerprint density at radius 1 is 0.365 bits per heavy atom. The third kappa shape index (κ3) is 5.22. The van der Waals surface area contributed by atoms with E-state index in [9.17, 15) is 0 Å². The van der Waals surface area contributed by atoms with E-state index >= 15 is 0 Å². The zero-order chi connectivity index (χ0) is 34.4. The maximum Gasteiger partial charge on any atom is 0.227 e. The molecule has 0 fully saturated rings. The Labute approximate surface area is 299 Å². The minimum absolute atomic E-state index is 0.620. The van der Waals surface area contributed by atoms with Crippen molar-refractivity contribution < 1.29 is 4.42 Å². The van der Waals surface area contributed by atoms with Crippen LogP contribution in [0.4, 0.5) is 0 Å². The fraction of sp³-hybridized carbons (Fsp3) is 0. The van der Waals surface area contributed by atoms with Crippen LogP contribution in [0.2, 0.25) is 0 Å². The van der Waals surface area contributed by atoms with E-state index in [4.69, 9.17) is 24.4 Å². The summed E-state index contributed by atoms with van der Waals surface area (Å²) >= 11 is 0. The summed E-state index contributed by atoms with van der Waals surface area (Å²) in [6, 6.07) is 60.0. The molecule has 10 rings (SSSR count). The van der Waals surface area contributed by atoms with E-state index in [1.54, 1.807) is 0 Å². The molecule has 0 spiro atoms. The summed E-state index contributed by atoms with van der Waals surface area (Å²) in [5.74, 6) is 2.51. The Balaban J connectivity index is 1.14. The molecule has 52 heavy (non-hydrogen) atoms. The topological polar surface area (TPSA) is 69.6 Å². The van der Waals surface area contributed by atoms with Crippen molar-refractivity contribution in [3.05, 3.63) is 176 Å². The summed E-state index contributed by atoms with van der Waals surface area (Å²) in [5.41, 5.74) is 10.8. The zero-order valence-electron chi connectivity index (χ0n) is 27.9. The first-order chi connectivity index (χ1) is 25.7. The highest BCUT2D eigenvalue weighted by molar-refractivity contribution is 6.11. The van der Waals surface area contributed by atoms with Gasteiger partial charge in [0.1, 0.15) is 5.52 Å². The summed E-state index contributed by atoms with van der Waals surface area (Å²) in [5, 5.41) is 2.29. The van der Waals surface area contributed by atoms with Gasteiger partial charge in [-0.3, -0.25) is 0 Å². The Morgan fingerprint density at radius 2 is 0.904 bits per heavy atom. The van der Waals surface area contributed by atoms with Crippen LogP contribution in [0.25, 0.3) is 95.3 Å². The van der Waals surface area contributed by atoms with Crippen LogP contribution < -0.4 is 0 Å². The first-order valence-electron chi connectivity index (χ1n) is 17.2. The minimum Gasteiger partial charge on any atom is -0.436 e. The van der Waals surface area contributed by atoms with Crippen LogP contribution in [0.1, 0.15) is 0 Å². The van der Waals surface area contributed by atoms with E-state index in [-0.39, 0.29) is 0 Å². The van der Waals surface area contributed by atoms with Crippen molar-refractivity contribution in [2.24, 2.45) is 0 Å². The van der Waals surface area contributed by atoms with Gasteiger partial charge in [-0.15, -0.1) is 0 Å². The molecule has 7 aromatic carbocycles. The molecular formula is C46H29N5O. The van der Waals surface area contributed by atoms with Gasteiger partial charge >= 0.3 is 0 Å². The highest BCUT2D eigenvalue weighted by Gasteiger charge is 2.18. The van der Waals surface area contributed by atoms with E-state index < -0.39 is 0 Å². The Bertz CT molecular complexity index is 2820. The largest absolute Gasteiger partial charge is 0.436 e. The first kappa shape index (κ1) is 29.7. The van der Waals surface area contributed by atoms with Crippen LogP contribution >= 0.6 is 0 Å². The fourth-order valence-corrected chi connectivity index (χ4v) is 6.94. The molecule has 6 nitrogen and oxygen atoms in total. The number of oxazole rings is 1. The molecule has 3 aromatic heterocycles. The summed E-state index contributed by atoms with van der Waals surface area (Å²) in [7, 11) is 0. The third-order valence-electron chi connectivity index (χ3n) is 9.48. The Morgan fingerprint density at radius 3 is 1.56 bits per heavy atom. The van der Waals surface area contributed by atoms with Gasteiger partial charge in [0.25, 0.3) is 0 Å². The molecule has 0 aliphatic heterocycles. The van der Waals surface area contributed by atoms with Gasteiger partial charge in [0.15, 0.2) is 23.1 Å². The van der Waals surface area contributed by atoms with Crippen molar-refractivity contribution in [1.82, 2.24) is 24.5 Å². The first-order valence-corrected chi connectivity index (χ1v) is 17.2. The molecule has 6 heteroatoms. The van der Waals surface area contributed by atoms with Gasteiger partial charge in [-0.1, -0.05) is 121 Å². The van der Waals surface area contributed by atoms with Crippen molar-refractivity contribution in [2.45, 2.75) is 0 Å². The molecular weight excluding hydrogens is 639 g/mol. The predicted octanol–water partition coefficient (Wildman–Crippen LogP) is 11.4. The predicted molar refractivity (Wildman–Crippen MR) is 209 cm³/mol. The number of benzene rings is 7. The van der Waals surface area contributed by atoms with Gasteiger partial charge in [0.05, 0.1) is 11.0 Å². The van der Waals surface area contributed by atoms with Crippen LogP contribution in [0.5, 0.6) is 0 Å². The highest BCUT2D eigenvalue weighted by atomic mass is 16.3. The maximum absolute atomic E-state index is 6.23. The van der Waals surface area contributed by atoms with E-state index in [2.05, 4.69) is 77.4 Å². The number of hydrogen-bond acceptors (Lipinski definition) is 5. The van der Waals surface area contributed by atoms with Gasteiger partial charge in [-0.05, 0) is 65.7 Å². The molecule has 3 heterocycles. The second-order valence-electron chi connectivity index (χ2n) is 12.7. The van der Waals surface area contributed by atoms with Gasteiger partial charge < -0.3 is 8.98 Å². The molecule has 0 bridgehead atoms. The molecule has 0 atom stereocenters. The van der Waals surface area contributed by atoms with Crippen molar-refractivity contribution in [2.75, 3.05) is 0 Å². The molecule has 0 saturated carbocycles. The lowest BCUT2D eigenvalue weighted by Crippen LogP contribution is -2.00. The van der Waals surface area contributed by atoms with Gasteiger partial charge in [-0.25, -0.2) is 19.9 Å². The van der Waals surface area contributed by atoms with Gasteiger partial charge in [-0.2, -0.15) is 0 Å². The number of para-hydroxylation sites is 1. The molecule has 0 radical (unpaired) electrons. The smallest absolute Gasteiger partial charge is 0.227 e. The number of aromatic nitrogens is 5. The molecule has 0 N–H and O–H groups in total. The molecule has 10 aromatic rings. The van der Waals surface area contributed by atoms with Crippen molar-refractivity contribution in [3.63, 3.8) is 0 Å². The second kappa shape index (κ2) is 12.3. The molecule has 0 saturated heterocycles. The lowest BCUT2D eigenvalue weighted by atomic mass is 10.0. The summed E-state index contributed by atoms with van der Waals surface area (Å²) in [6.07, 6.45) is 0. The summed E-state index contributed by atoms with van der Waals surface area (Å²) < 4.78 is 8.55. The number of rotatable bonds is 6.